The third-order valence-corrected chi connectivity index (χ3v) is 5.07. The highest BCUT2D eigenvalue weighted by Gasteiger charge is 2.25. The van der Waals surface area contributed by atoms with E-state index in [9.17, 15) is 9.59 Å². The predicted octanol–water partition coefficient (Wildman–Crippen LogP) is 3.01. The Bertz CT molecular complexity index is 812. The van der Waals surface area contributed by atoms with E-state index in [1.165, 1.54) is 12.6 Å². The first kappa shape index (κ1) is 19.0. The summed E-state index contributed by atoms with van der Waals surface area (Å²) in [5, 5.41) is 0. The highest BCUT2D eigenvalue weighted by Crippen LogP contribution is 2.22. The van der Waals surface area contributed by atoms with Crippen molar-refractivity contribution in [2.24, 2.45) is 0 Å². The Balaban J connectivity index is 1.64. The van der Waals surface area contributed by atoms with Crippen LogP contribution in [0, 0.1) is 13.8 Å². The summed E-state index contributed by atoms with van der Waals surface area (Å²) < 4.78 is 0. The number of benzene rings is 2. The van der Waals surface area contributed by atoms with Crippen molar-refractivity contribution in [3.8, 4) is 0 Å². The minimum atomic E-state index is -0.113. The molecule has 0 radical (unpaired) electrons. The molecule has 0 atom stereocenters. The lowest BCUT2D eigenvalue weighted by Gasteiger charge is -2.37. The summed E-state index contributed by atoms with van der Waals surface area (Å²) in [5.74, 6) is -0.115. The number of anilines is 2. The first-order chi connectivity index (χ1) is 13.0. The van der Waals surface area contributed by atoms with Gasteiger partial charge >= 0.3 is 0 Å². The maximum absolute atomic E-state index is 12.8. The summed E-state index contributed by atoms with van der Waals surface area (Å²) in [6.45, 7) is 8.55. The number of aryl methyl sites for hydroxylation is 2. The van der Waals surface area contributed by atoms with Crippen molar-refractivity contribution in [2.75, 3.05) is 42.5 Å². The minimum Gasteiger partial charge on any atom is -0.368 e. The van der Waals surface area contributed by atoms with Crippen molar-refractivity contribution in [2.45, 2.75) is 20.8 Å². The monoisotopic (exact) mass is 365 g/mol. The smallest absolute Gasteiger partial charge is 0.242 e. The normalized spacial score (nSPS) is 14.2. The molecule has 5 heteroatoms. The molecule has 5 nitrogen and oxygen atoms in total. The number of para-hydroxylation sites is 1. The van der Waals surface area contributed by atoms with E-state index in [2.05, 4.69) is 17.0 Å². The van der Waals surface area contributed by atoms with Crippen LogP contribution in [0.3, 0.4) is 0 Å². The summed E-state index contributed by atoms with van der Waals surface area (Å²) in [5.41, 5.74) is 4.14. The molecule has 0 aliphatic carbocycles. The Hall–Kier alpha value is -2.82. The fraction of sp³-hybridized carbons (Fsp3) is 0.364. The van der Waals surface area contributed by atoms with Crippen molar-refractivity contribution >= 4 is 23.2 Å². The van der Waals surface area contributed by atoms with E-state index in [1.807, 2.05) is 55.1 Å². The molecule has 3 rings (SSSR count). The molecule has 1 saturated heterocycles. The second kappa shape index (κ2) is 8.25. The first-order valence-corrected chi connectivity index (χ1v) is 9.39. The number of carbonyl (C=O) groups is 2. The summed E-state index contributed by atoms with van der Waals surface area (Å²) in [6.07, 6.45) is 0. The van der Waals surface area contributed by atoms with Crippen LogP contribution < -0.4 is 9.80 Å². The summed E-state index contributed by atoms with van der Waals surface area (Å²) >= 11 is 0. The topological polar surface area (TPSA) is 43.9 Å². The lowest BCUT2D eigenvalue weighted by atomic mass is 10.1. The highest BCUT2D eigenvalue weighted by atomic mass is 16.2. The third kappa shape index (κ3) is 4.48. The molecule has 1 fully saturated rings. The van der Waals surface area contributed by atoms with Gasteiger partial charge in [0.1, 0.15) is 6.54 Å². The van der Waals surface area contributed by atoms with Gasteiger partial charge < -0.3 is 14.7 Å². The number of hydrogen-bond acceptors (Lipinski definition) is 3. The van der Waals surface area contributed by atoms with Gasteiger partial charge in [-0.1, -0.05) is 35.9 Å². The fourth-order valence-electron chi connectivity index (χ4n) is 3.56. The molecule has 2 amide bonds. The summed E-state index contributed by atoms with van der Waals surface area (Å²) in [4.78, 5) is 30.7. The largest absolute Gasteiger partial charge is 0.368 e. The van der Waals surface area contributed by atoms with Crippen molar-refractivity contribution in [1.29, 1.82) is 0 Å². The van der Waals surface area contributed by atoms with Crippen LogP contribution in [-0.4, -0.2) is 49.4 Å². The Kier molecular flexibility index (Phi) is 5.79. The maximum Gasteiger partial charge on any atom is 0.242 e. The van der Waals surface area contributed by atoms with Crippen LogP contribution in [0.5, 0.6) is 0 Å². The molecule has 2 aromatic rings. The molecule has 142 valence electrons. The third-order valence-electron chi connectivity index (χ3n) is 5.07. The van der Waals surface area contributed by atoms with Gasteiger partial charge in [0.2, 0.25) is 11.8 Å². The van der Waals surface area contributed by atoms with E-state index in [0.29, 0.717) is 13.1 Å². The first-order valence-electron chi connectivity index (χ1n) is 9.39. The zero-order chi connectivity index (χ0) is 19.4. The van der Waals surface area contributed by atoms with Crippen LogP contribution in [0.15, 0.2) is 48.5 Å². The van der Waals surface area contributed by atoms with E-state index < -0.39 is 0 Å². The quantitative estimate of drug-likeness (QED) is 0.837. The van der Waals surface area contributed by atoms with E-state index in [1.54, 1.807) is 4.90 Å². The van der Waals surface area contributed by atoms with Crippen LogP contribution >= 0.6 is 0 Å². The maximum atomic E-state index is 12.8. The molecular weight excluding hydrogens is 338 g/mol. The Morgan fingerprint density at radius 2 is 1.63 bits per heavy atom. The molecule has 0 bridgehead atoms. The molecule has 0 spiro atoms. The number of hydrogen-bond donors (Lipinski definition) is 0. The number of amides is 2. The standard InChI is InChI=1S/C22H27N3O2/c1-17-9-10-21(18(2)15-17)25(19(3)26)16-22(27)24-13-11-23(12-14-24)20-7-5-4-6-8-20/h4-10,15H,11-14,16H2,1-3H3. The second-order valence-corrected chi connectivity index (χ2v) is 7.10. The molecule has 0 N–H and O–H groups in total. The lowest BCUT2D eigenvalue weighted by molar-refractivity contribution is -0.131. The number of piperazine rings is 1. The van der Waals surface area contributed by atoms with Gasteiger partial charge in [-0.15, -0.1) is 0 Å². The van der Waals surface area contributed by atoms with E-state index >= 15 is 0 Å². The molecule has 27 heavy (non-hydrogen) atoms. The van der Waals surface area contributed by atoms with Gasteiger partial charge in [-0.25, -0.2) is 0 Å². The molecule has 1 aliphatic heterocycles. The van der Waals surface area contributed by atoms with E-state index in [0.717, 1.165) is 29.9 Å². The van der Waals surface area contributed by atoms with Gasteiger partial charge in [-0.2, -0.15) is 0 Å². The van der Waals surface area contributed by atoms with Crippen molar-refractivity contribution in [3.05, 3.63) is 59.7 Å². The summed E-state index contributed by atoms with van der Waals surface area (Å²) in [7, 11) is 0. The molecule has 2 aromatic carbocycles. The molecular formula is C22H27N3O2. The van der Waals surface area contributed by atoms with Crippen molar-refractivity contribution < 1.29 is 9.59 Å². The van der Waals surface area contributed by atoms with Gasteiger partial charge in [0.05, 0.1) is 0 Å². The van der Waals surface area contributed by atoms with Gasteiger partial charge in [0, 0.05) is 44.5 Å². The molecule has 1 aliphatic rings. The number of carbonyl (C=O) groups excluding carboxylic acids is 2. The lowest BCUT2D eigenvalue weighted by Crippen LogP contribution is -2.52. The zero-order valence-corrected chi connectivity index (χ0v) is 16.3. The van der Waals surface area contributed by atoms with E-state index in [-0.39, 0.29) is 18.4 Å². The molecule has 1 heterocycles. The Morgan fingerprint density at radius 1 is 0.963 bits per heavy atom. The van der Waals surface area contributed by atoms with Crippen LogP contribution in [-0.2, 0) is 9.59 Å². The minimum absolute atomic E-state index is 0.00196. The Labute approximate surface area is 161 Å². The molecule has 0 saturated carbocycles. The summed E-state index contributed by atoms with van der Waals surface area (Å²) in [6, 6.07) is 16.2. The molecule has 0 unspecified atom stereocenters. The molecule has 0 aromatic heterocycles. The van der Waals surface area contributed by atoms with Gasteiger partial charge in [-0.3, -0.25) is 9.59 Å². The van der Waals surface area contributed by atoms with Gasteiger partial charge in [-0.05, 0) is 37.6 Å². The zero-order valence-electron chi connectivity index (χ0n) is 16.3. The fourth-order valence-corrected chi connectivity index (χ4v) is 3.56. The number of nitrogens with zero attached hydrogens (tertiary/aromatic N) is 3. The number of rotatable bonds is 4. The van der Waals surface area contributed by atoms with Crippen LogP contribution in [0.1, 0.15) is 18.1 Å². The highest BCUT2D eigenvalue weighted by molar-refractivity contribution is 5.98. The van der Waals surface area contributed by atoms with Crippen LogP contribution in [0.4, 0.5) is 11.4 Å². The van der Waals surface area contributed by atoms with Crippen LogP contribution in [0.2, 0.25) is 0 Å². The van der Waals surface area contributed by atoms with E-state index in [4.69, 9.17) is 0 Å². The Morgan fingerprint density at radius 3 is 2.22 bits per heavy atom. The predicted molar refractivity (Wildman–Crippen MR) is 109 cm³/mol. The van der Waals surface area contributed by atoms with Gasteiger partial charge in [0.15, 0.2) is 0 Å². The average molecular weight is 365 g/mol. The van der Waals surface area contributed by atoms with Crippen molar-refractivity contribution in [1.82, 2.24) is 4.90 Å². The van der Waals surface area contributed by atoms with Crippen molar-refractivity contribution in [3.63, 3.8) is 0 Å². The van der Waals surface area contributed by atoms with Gasteiger partial charge in [0.25, 0.3) is 0 Å². The SMILES string of the molecule is CC(=O)N(CC(=O)N1CCN(c2ccccc2)CC1)c1ccc(C)cc1C. The average Bonchev–Trinajstić information content (AvgIpc) is 2.67. The second-order valence-electron chi connectivity index (χ2n) is 7.10. The van der Waals surface area contributed by atoms with Crippen LogP contribution in [0.25, 0.3) is 0 Å².